The molecule has 3 rings (SSSR count). The minimum atomic E-state index is 0.123. The molecule has 2 fully saturated rings. The first-order chi connectivity index (χ1) is 9.84. The molecule has 0 aromatic carbocycles. The molecule has 0 saturated carbocycles. The van der Waals surface area contributed by atoms with E-state index in [0.29, 0.717) is 11.5 Å². The molecule has 1 atom stereocenters. The van der Waals surface area contributed by atoms with Gasteiger partial charge in [-0.3, -0.25) is 9.89 Å². The summed E-state index contributed by atoms with van der Waals surface area (Å²) >= 11 is 0. The average molecular weight is 277 g/mol. The van der Waals surface area contributed by atoms with Crippen LogP contribution in [0.15, 0.2) is 12.4 Å². The summed E-state index contributed by atoms with van der Waals surface area (Å²) in [5, 5.41) is 6.61. The largest absolute Gasteiger partial charge is 0.381 e. The highest BCUT2D eigenvalue weighted by atomic mass is 16.5. The van der Waals surface area contributed by atoms with Crippen LogP contribution in [0.1, 0.15) is 42.5 Å². The van der Waals surface area contributed by atoms with E-state index in [4.69, 9.17) is 4.74 Å². The van der Waals surface area contributed by atoms with Crippen molar-refractivity contribution < 1.29 is 9.53 Å². The van der Waals surface area contributed by atoms with Crippen LogP contribution in [0.3, 0.4) is 0 Å². The third-order valence-electron chi connectivity index (χ3n) is 4.67. The fourth-order valence-corrected chi connectivity index (χ4v) is 3.48. The van der Waals surface area contributed by atoms with Crippen LogP contribution in [0.2, 0.25) is 0 Å². The Balaban J connectivity index is 1.67. The number of ether oxygens (including phenoxy) is 1. The first-order valence-electron chi connectivity index (χ1n) is 7.70. The lowest BCUT2D eigenvalue weighted by Crippen LogP contribution is -2.37. The Bertz CT molecular complexity index is 426. The number of nitrogens with one attached hydrogen (secondary N) is 1. The maximum atomic E-state index is 12.5. The van der Waals surface area contributed by atoms with E-state index >= 15 is 0 Å². The van der Waals surface area contributed by atoms with E-state index < -0.39 is 0 Å². The van der Waals surface area contributed by atoms with Crippen LogP contribution in [-0.2, 0) is 4.74 Å². The number of aromatic amines is 1. The molecule has 1 N–H and O–H groups in total. The lowest BCUT2D eigenvalue weighted by molar-refractivity contribution is 0.0375. The van der Waals surface area contributed by atoms with Gasteiger partial charge in [-0.1, -0.05) is 6.42 Å². The minimum Gasteiger partial charge on any atom is -0.381 e. The summed E-state index contributed by atoms with van der Waals surface area (Å²) in [6, 6.07) is 0. The van der Waals surface area contributed by atoms with Gasteiger partial charge in [0.05, 0.1) is 11.8 Å². The molecule has 1 aromatic rings. The van der Waals surface area contributed by atoms with Crippen molar-refractivity contribution >= 4 is 5.91 Å². The maximum Gasteiger partial charge on any atom is 0.257 e. The van der Waals surface area contributed by atoms with Crippen molar-refractivity contribution in [3.8, 4) is 0 Å². The summed E-state index contributed by atoms with van der Waals surface area (Å²) in [5.41, 5.74) is 0.678. The van der Waals surface area contributed by atoms with E-state index in [-0.39, 0.29) is 5.91 Å². The number of likely N-dealkylation sites (tertiary alicyclic amines) is 1. The number of carbonyl (C=O) groups excluding carboxylic acids is 1. The lowest BCUT2D eigenvalue weighted by Gasteiger charge is -2.32. The summed E-state index contributed by atoms with van der Waals surface area (Å²) in [6.07, 6.45) is 9.21. The second-order valence-electron chi connectivity index (χ2n) is 5.94. The van der Waals surface area contributed by atoms with Gasteiger partial charge in [-0.05, 0) is 37.5 Å². The minimum absolute atomic E-state index is 0.123. The Morgan fingerprint density at radius 3 is 2.85 bits per heavy atom. The Morgan fingerprint density at radius 2 is 2.10 bits per heavy atom. The average Bonchev–Trinajstić information content (AvgIpc) is 2.92. The van der Waals surface area contributed by atoms with Crippen LogP contribution in [0.5, 0.6) is 0 Å². The van der Waals surface area contributed by atoms with Gasteiger partial charge in [0.15, 0.2) is 0 Å². The van der Waals surface area contributed by atoms with Crippen molar-refractivity contribution in [2.75, 3.05) is 26.3 Å². The Morgan fingerprint density at radius 1 is 1.25 bits per heavy atom. The molecule has 1 amide bonds. The van der Waals surface area contributed by atoms with Crippen LogP contribution in [0.25, 0.3) is 0 Å². The summed E-state index contributed by atoms with van der Waals surface area (Å²) in [4.78, 5) is 14.5. The molecule has 2 aliphatic heterocycles. The van der Waals surface area contributed by atoms with E-state index in [1.54, 1.807) is 12.4 Å². The van der Waals surface area contributed by atoms with E-state index in [0.717, 1.165) is 51.5 Å². The lowest BCUT2D eigenvalue weighted by atomic mass is 9.83. The molecule has 5 heteroatoms. The van der Waals surface area contributed by atoms with Crippen molar-refractivity contribution in [3.05, 3.63) is 18.0 Å². The molecular formula is C15H23N3O2. The van der Waals surface area contributed by atoms with Crippen LogP contribution in [-0.4, -0.2) is 47.3 Å². The zero-order valence-corrected chi connectivity index (χ0v) is 11.9. The monoisotopic (exact) mass is 277 g/mol. The van der Waals surface area contributed by atoms with Gasteiger partial charge in [-0.2, -0.15) is 5.10 Å². The molecule has 0 radical (unpaired) electrons. The maximum absolute atomic E-state index is 12.5. The fraction of sp³-hybridized carbons (Fsp3) is 0.733. The SMILES string of the molecule is O=C(c1cn[nH]c1)N1CCCCC(C2CCOCC2)C1. The summed E-state index contributed by atoms with van der Waals surface area (Å²) in [6.45, 7) is 3.55. The number of nitrogens with zero attached hydrogens (tertiary/aromatic N) is 2. The Labute approximate surface area is 119 Å². The van der Waals surface area contributed by atoms with Gasteiger partial charge in [0, 0.05) is 32.5 Å². The first kappa shape index (κ1) is 13.6. The Kier molecular flexibility index (Phi) is 4.35. The molecule has 5 nitrogen and oxygen atoms in total. The Hall–Kier alpha value is -1.36. The molecule has 20 heavy (non-hydrogen) atoms. The normalized spacial score (nSPS) is 25.4. The third-order valence-corrected chi connectivity index (χ3v) is 4.67. The van der Waals surface area contributed by atoms with Gasteiger partial charge in [0.2, 0.25) is 0 Å². The third kappa shape index (κ3) is 3.03. The van der Waals surface area contributed by atoms with Crippen LogP contribution in [0, 0.1) is 11.8 Å². The first-order valence-corrected chi connectivity index (χ1v) is 7.70. The van der Waals surface area contributed by atoms with Crippen LogP contribution < -0.4 is 0 Å². The quantitative estimate of drug-likeness (QED) is 0.900. The molecule has 0 bridgehead atoms. The predicted octanol–water partition coefficient (Wildman–Crippen LogP) is 2.08. The zero-order valence-electron chi connectivity index (χ0n) is 11.9. The number of rotatable bonds is 2. The van der Waals surface area contributed by atoms with Crippen LogP contribution in [0.4, 0.5) is 0 Å². The van der Waals surface area contributed by atoms with E-state index in [1.807, 2.05) is 4.90 Å². The smallest absolute Gasteiger partial charge is 0.257 e. The molecule has 0 spiro atoms. The fourth-order valence-electron chi connectivity index (χ4n) is 3.48. The molecule has 3 heterocycles. The molecule has 0 aliphatic carbocycles. The van der Waals surface area contributed by atoms with Gasteiger partial charge in [0.1, 0.15) is 0 Å². The summed E-state index contributed by atoms with van der Waals surface area (Å²) in [7, 11) is 0. The summed E-state index contributed by atoms with van der Waals surface area (Å²) < 4.78 is 5.46. The van der Waals surface area contributed by atoms with E-state index in [9.17, 15) is 4.79 Å². The van der Waals surface area contributed by atoms with E-state index in [2.05, 4.69) is 10.2 Å². The standard InChI is InChI=1S/C15H23N3O2/c19-15(14-9-16-17-10-14)18-6-2-1-3-13(11-18)12-4-7-20-8-5-12/h9-10,12-13H,1-8,11H2,(H,16,17). The van der Waals surface area contributed by atoms with Gasteiger partial charge in [-0.25, -0.2) is 0 Å². The topological polar surface area (TPSA) is 58.2 Å². The zero-order chi connectivity index (χ0) is 13.8. The number of hydrogen-bond acceptors (Lipinski definition) is 3. The van der Waals surface area contributed by atoms with Gasteiger partial charge in [-0.15, -0.1) is 0 Å². The number of hydrogen-bond donors (Lipinski definition) is 1. The van der Waals surface area contributed by atoms with Crippen molar-refractivity contribution in [1.29, 1.82) is 0 Å². The predicted molar refractivity (Wildman–Crippen MR) is 75.4 cm³/mol. The number of carbonyl (C=O) groups is 1. The number of H-pyrrole nitrogens is 1. The van der Waals surface area contributed by atoms with Crippen molar-refractivity contribution in [2.45, 2.75) is 32.1 Å². The summed E-state index contributed by atoms with van der Waals surface area (Å²) in [5.74, 6) is 1.48. The highest BCUT2D eigenvalue weighted by Crippen LogP contribution is 2.30. The molecule has 2 saturated heterocycles. The molecule has 110 valence electrons. The second-order valence-corrected chi connectivity index (χ2v) is 5.94. The number of aromatic nitrogens is 2. The highest BCUT2D eigenvalue weighted by Gasteiger charge is 2.29. The van der Waals surface area contributed by atoms with Crippen molar-refractivity contribution in [1.82, 2.24) is 15.1 Å². The van der Waals surface area contributed by atoms with Gasteiger partial charge in [0.25, 0.3) is 5.91 Å². The van der Waals surface area contributed by atoms with Crippen LogP contribution >= 0.6 is 0 Å². The van der Waals surface area contributed by atoms with Crippen molar-refractivity contribution in [3.63, 3.8) is 0 Å². The van der Waals surface area contributed by atoms with E-state index in [1.165, 1.54) is 12.8 Å². The number of amides is 1. The molecular weight excluding hydrogens is 254 g/mol. The second kappa shape index (κ2) is 6.39. The van der Waals surface area contributed by atoms with Gasteiger partial charge < -0.3 is 9.64 Å². The molecule has 1 aromatic heterocycles. The molecule has 1 unspecified atom stereocenters. The van der Waals surface area contributed by atoms with Crippen molar-refractivity contribution in [2.24, 2.45) is 11.8 Å². The molecule has 2 aliphatic rings. The van der Waals surface area contributed by atoms with Gasteiger partial charge >= 0.3 is 0 Å². The highest BCUT2D eigenvalue weighted by molar-refractivity contribution is 5.93.